The van der Waals surface area contributed by atoms with Gasteiger partial charge in [-0.05, 0) is 60.8 Å². The van der Waals surface area contributed by atoms with Gasteiger partial charge in [0.05, 0.1) is 0 Å². The first-order valence-corrected chi connectivity index (χ1v) is 7.46. The molecule has 0 bridgehead atoms. The van der Waals surface area contributed by atoms with Gasteiger partial charge in [0.1, 0.15) is 5.75 Å². The molecule has 3 rings (SSSR count). The number of carbonyl (C=O) groups excluding carboxylic acids is 1. The summed E-state index contributed by atoms with van der Waals surface area (Å²) in [6.45, 7) is 6.39. The van der Waals surface area contributed by atoms with Crippen LogP contribution >= 0.6 is 0 Å². The predicted molar refractivity (Wildman–Crippen MR) is 80.9 cm³/mol. The van der Waals surface area contributed by atoms with Crippen LogP contribution in [0.3, 0.4) is 0 Å². The van der Waals surface area contributed by atoms with E-state index >= 15 is 0 Å². The molecule has 1 atom stereocenters. The third-order valence-electron chi connectivity index (χ3n) is 5.08. The Hall–Kier alpha value is -1.57. The van der Waals surface area contributed by atoms with Crippen LogP contribution in [0, 0.1) is 18.3 Å². The van der Waals surface area contributed by atoms with Crippen LogP contribution in [0.4, 0.5) is 0 Å². The van der Waals surface area contributed by atoms with Crippen LogP contribution in [0.25, 0.3) is 6.08 Å². The fraction of sp³-hybridized carbons (Fsp3) is 0.500. The van der Waals surface area contributed by atoms with Crippen molar-refractivity contribution in [3.63, 3.8) is 0 Å². The van der Waals surface area contributed by atoms with Crippen molar-refractivity contribution in [1.82, 2.24) is 0 Å². The maximum atomic E-state index is 12.6. The lowest BCUT2D eigenvalue weighted by molar-refractivity contribution is 0.0906. The van der Waals surface area contributed by atoms with E-state index < -0.39 is 0 Å². The van der Waals surface area contributed by atoms with Crippen molar-refractivity contribution in [1.29, 1.82) is 0 Å². The first-order valence-electron chi connectivity index (χ1n) is 7.46. The Labute approximate surface area is 120 Å². The monoisotopic (exact) mass is 270 g/mol. The molecular weight excluding hydrogens is 248 g/mol. The van der Waals surface area contributed by atoms with Crippen LogP contribution in [0.5, 0.6) is 5.75 Å². The maximum absolute atomic E-state index is 12.6. The summed E-state index contributed by atoms with van der Waals surface area (Å²) in [5.74, 6) is 0.842. The average Bonchev–Trinajstić information content (AvgIpc) is 2.49. The van der Waals surface area contributed by atoms with Gasteiger partial charge >= 0.3 is 0 Å². The van der Waals surface area contributed by atoms with Crippen LogP contribution in [0.15, 0.2) is 17.7 Å². The predicted octanol–water partition coefficient (Wildman–Crippen LogP) is 4.50. The summed E-state index contributed by atoms with van der Waals surface area (Å²) in [6, 6.07) is 3.59. The van der Waals surface area contributed by atoms with Gasteiger partial charge < -0.3 is 5.11 Å². The van der Waals surface area contributed by atoms with Gasteiger partial charge in [0.2, 0.25) is 0 Å². The summed E-state index contributed by atoms with van der Waals surface area (Å²) in [5.41, 5.74) is 4.03. The summed E-state index contributed by atoms with van der Waals surface area (Å²) < 4.78 is 0. The number of allylic oxidation sites excluding steroid dienone is 1. The summed E-state index contributed by atoms with van der Waals surface area (Å²) in [4.78, 5) is 12.6. The number of hydrogen-bond acceptors (Lipinski definition) is 2. The molecular formula is C18H22O2. The summed E-state index contributed by atoms with van der Waals surface area (Å²) in [6.07, 6.45) is 6.22. The zero-order valence-corrected chi connectivity index (χ0v) is 12.5. The highest BCUT2D eigenvalue weighted by Crippen LogP contribution is 2.48. The highest BCUT2D eigenvalue weighted by atomic mass is 16.3. The molecule has 0 aromatic heterocycles. The Morgan fingerprint density at radius 2 is 2.05 bits per heavy atom. The maximum Gasteiger partial charge on any atom is 0.164 e. The Morgan fingerprint density at radius 3 is 2.80 bits per heavy atom. The van der Waals surface area contributed by atoms with Crippen molar-refractivity contribution in [2.75, 3.05) is 0 Å². The van der Waals surface area contributed by atoms with E-state index in [1.165, 1.54) is 18.4 Å². The van der Waals surface area contributed by atoms with Crippen molar-refractivity contribution in [3.8, 4) is 5.75 Å². The number of phenolic OH excluding ortho intramolecular Hbond substituents is 1. The quantitative estimate of drug-likeness (QED) is 0.753. The van der Waals surface area contributed by atoms with Crippen molar-refractivity contribution in [3.05, 3.63) is 34.4 Å². The number of benzene rings is 1. The number of rotatable bonds is 0. The van der Waals surface area contributed by atoms with E-state index in [0.29, 0.717) is 12.3 Å². The first-order chi connectivity index (χ1) is 9.38. The number of hydrogen-bond donors (Lipinski definition) is 1. The van der Waals surface area contributed by atoms with E-state index in [1.807, 2.05) is 13.0 Å². The lowest BCUT2D eigenvalue weighted by Crippen LogP contribution is -2.30. The van der Waals surface area contributed by atoms with Gasteiger partial charge in [-0.15, -0.1) is 0 Å². The second-order valence-electron chi connectivity index (χ2n) is 6.97. The van der Waals surface area contributed by atoms with Crippen LogP contribution in [0.1, 0.15) is 61.0 Å². The molecule has 1 aromatic carbocycles. The minimum atomic E-state index is 0.193. The lowest BCUT2D eigenvalue weighted by Gasteiger charge is -2.40. The molecule has 0 spiro atoms. The Balaban J connectivity index is 2.14. The topological polar surface area (TPSA) is 37.3 Å². The van der Waals surface area contributed by atoms with Gasteiger partial charge in [0, 0.05) is 12.0 Å². The summed E-state index contributed by atoms with van der Waals surface area (Å²) in [7, 11) is 0. The Morgan fingerprint density at radius 1 is 1.30 bits per heavy atom. The zero-order chi connectivity index (χ0) is 14.5. The van der Waals surface area contributed by atoms with Crippen LogP contribution in [0.2, 0.25) is 0 Å². The molecule has 1 aromatic rings. The van der Waals surface area contributed by atoms with Crippen molar-refractivity contribution in [2.45, 2.75) is 46.5 Å². The summed E-state index contributed by atoms with van der Waals surface area (Å²) in [5, 5.41) is 9.91. The summed E-state index contributed by atoms with van der Waals surface area (Å²) >= 11 is 0. The molecule has 1 fully saturated rings. The fourth-order valence-electron chi connectivity index (χ4n) is 3.75. The molecule has 0 radical (unpaired) electrons. The minimum Gasteiger partial charge on any atom is -0.508 e. The number of phenols is 1. The Bertz CT molecular complexity index is 608. The average molecular weight is 270 g/mol. The van der Waals surface area contributed by atoms with Gasteiger partial charge in [0.15, 0.2) is 5.78 Å². The molecule has 2 nitrogen and oxygen atoms in total. The molecule has 1 saturated carbocycles. The highest BCUT2D eigenvalue weighted by Gasteiger charge is 2.38. The largest absolute Gasteiger partial charge is 0.508 e. The lowest BCUT2D eigenvalue weighted by atomic mass is 9.65. The molecule has 20 heavy (non-hydrogen) atoms. The number of Topliss-reactive ketones (excluding diaryl/α,β-unsaturated/α-hetero) is 1. The highest BCUT2D eigenvalue weighted by molar-refractivity contribution is 6.01. The number of aryl methyl sites for hydroxylation is 1. The van der Waals surface area contributed by atoms with Crippen LogP contribution in [-0.2, 0) is 0 Å². The van der Waals surface area contributed by atoms with E-state index in [2.05, 4.69) is 19.9 Å². The van der Waals surface area contributed by atoms with Gasteiger partial charge in [-0.2, -0.15) is 0 Å². The normalized spacial score (nSPS) is 24.4. The van der Waals surface area contributed by atoms with Crippen molar-refractivity contribution in [2.24, 2.45) is 11.3 Å². The number of aromatic hydroxyl groups is 1. The smallest absolute Gasteiger partial charge is 0.164 e. The molecule has 2 aliphatic carbocycles. The van der Waals surface area contributed by atoms with Gasteiger partial charge in [-0.3, -0.25) is 4.79 Å². The molecule has 2 heteroatoms. The molecule has 1 unspecified atom stereocenters. The molecule has 0 amide bonds. The van der Waals surface area contributed by atoms with Crippen molar-refractivity contribution < 1.29 is 9.90 Å². The van der Waals surface area contributed by atoms with E-state index in [0.717, 1.165) is 23.1 Å². The SMILES string of the molecule is Cc1cc2c(cc1O)C=C1CCCC(C)(C)C1CC2=O. The van der Waals surface area contributed by atoms with E-state index in [1.54, 1.807) is 6.07 Å². The standard InChI is InChI=1S/C18H22O2/c1-11-7-14-13(9-16(11)19)8-12-5-4-6-18(2,3)15(12)10-17(14)20/h7-9,15,19H,4-6,10H2,1-3H3. The molecule has 0 saturated heterocycles. The van der Waals surface area contributed by atoms with Gasteiger partial charge in [-0.1, -0.05) is 25.5 Å². The minimum absolute atomic E-state index is 0.193. The van der Waals surface area contributed by atoms with Gasteiger partial charge in [-0.25, -0.2) is 0 Å². The second-order valence-corrected chi connectivity index (χ2v) is 6.97. The van der Waals surface area contributed by atoms with E-state index in [4.69, 9.17) is 0 Å². The molecule has 1 N–H and O–H groups in total. The van der Waals surface area contributed by atoms with Crippen LogP contribution < -0.4 is 0 Å². The molecule has 0 aliphatic heterocycles. The zero-order valence-electron chi connectivity index (χ0n) is 12.5. The second kappa shape index (κ2) is 4.47. The van der Waals surface area contributed by atoms with Crippen molar-refractivity contribution >= 4 is 11.9 Å². The molecule has 0 heterocycles. The number of ketones is 1. The van der Waals surface area contributed by atoms with E-state index in [-0.39, 0.29) is 16.9 Å². The third kappa shape index (κ3) is 2.07. The fourth-order valence-corrected chi connectivity index (χ4v) is 3.75. The Kier molecular flexibility index (Phi) is 3.00. The van der Waals surface area contributed by atoms with E-state index in [9.17, 15) is 9.90 Å². The molecule has 106 valence electrons. The molecule has 2 aliphatic rings. The number of fused-ring (bicyclic) bond motifs is 2. The van der Waals surface area contributed by atoms with Gasteiger partial charge in [0.25, 0.3) is 0 Å². The first kappa shape index (κ1) is 13.4. The number of carbonyl (C=O) groups is 1. The third-order valence-corrected chi connectivity index (χ3v) is 5.08. The van der Waals surface area contributed by atoms with Crippen LogP contribution in [-0.4, -0.2) is 10.9 Å².